The zero-order chi connectivity index (χ0) is 17.0. The Balaban J connectivity index is 0.00000312. The van der Waals surface area contributed by atoms with E-state index in [0.29, 0.717) is 0 Å². The molecule has 1 nitrogen and oxygen atoms in total. The SMILES string of the molecule is CCCCN(CC=C(c1ccccc1)c1ccccc1)CCCC.Cl. The molecule has 0 aliphatic heterocycles. The molecule has 2 heteroatoms. The van der Waals surface area contributed by atoms with Gasteiger partial charge in [-0.3, -0.25) is 4.90 Å². The van der Waals surface area contributed by atoms with E-state index < -0.39 is 0 Å². The van der Waals surface area contributed by atoms with Crippen LogP contribution < -0.4 is 0 Å². The van der Waals surface area contributed by atoms with Crippen LogP contribution in [0.2, 0.25) is 0 Å². The van der Waals surface area contributed by atoms with Gasteiger partial charge in [0.05, 0.1) is 0 Å². The topological polar surface area (TPSA) is 3.24 Å². The van der Waals surface area contributed by atoms with E-state index in [9.17, 15) is 0 Å². The van der Waals surface area contributed by atoms with Gasteiger partial charge in [-0.05, 0) is 42.6 Å². The van der Waals surface area contributed by atoms with Crippen molar-refractivity contribution in [2.45, 2.75) is 39.5 Å². The molecule has 0 unspecified atom stereocenters. The summed E-state index contributed by atoms with van der Waals surface area (Å²) < 4.78 is 0. The average molecular weight is 358 g/mol. The molecule has 0 amide bonds. The van der Waals surface area contributed by atoms with Gasteiger partial charge in [-0.2, -0.15) is 0 Å². The van der Waals surface area contributed by atoms with Crippen LogP contribution in [0.15, 0.2) is 66.7 Å². The summed E-state index contributed by atoms with van der Waals surface area (Å²) >= 11 is 0. The van der Waals surface area contributed by atoms with Gasteiger partial charge in [0.1, 0.15) is 0 Å². The number of hydrogen-bond donors (Lipinski definition) is 0. The van der Waals surface area contributed by atoms with E-state index in [1.165, 1.54) is 55.5 Å². The largest absolute Gasteiger partial charge is 0.300 e. The van der Waals surface area contributed by atoms with E-state index in [1.807, 2.05) is 0 Å². The second-order valence-corrected chi connectivity index (χ2v) is 6.36. The molecule has 0 heterocycles. The monoisotopic (exact) mass is 357 g/mol. The van der Waals surface area contributed by atoms with Crippen molar-refractivity contribution in [2.24, 2.45) is 0 Å². The summed E-state index contributed by atoms with van der Waals surface area (Å²) in [7, 11) is 0. The highest BCUT2D eigenvalue weighted by atomic mass is 35.5. The van der Waals surface area contributed by atoms with Crippen LogP contribution in [0.25, 0.3) is 5.57 Å². The maximum atomic E-state index is 2.60. The Morgan fingerprint density at radius 1 is 0.760 bits per heavy atom. The Bertz CT molecular complexity index is 543. The highest BCUT2D eigenvalue weighted by molar-refractivity contribution is 5.85. The molecule has 0 aliphatic rings. The molecule has 0 N–H and O–H groups in total. The van der Waals surface area contributed by atoms with E-state index in [1.54, 1.807) is 0 Å². The Labute approximate surface area is 160 Å². The van der Waals surface area contributed by atoms with Gasteiger partial charge in [-0.1, -0.05) is 93.4 Å². The number of unbranched alkanes of at least 4 members (excludes halogenated alkanes) is 2. The third-order valence-electron chi connectivity index (χ3n) is 4.38. The molecule has 0 aromatic heterocycles. The van der Waals surface area contributed by atoms with Crippen LogP contribution in [0, 0.1) is 0 Å². The van der Waals surface area contributed by atoms with Gasteiger partial charge in [0.2, 0.25) is 0 Å². The lowest BCUT2D eigenvalue weighted by Gasteiger charge is -2.21. The van der Waals surface area contributed by atoms with Gasteiger partial charge < -0.3 is 0 Å². The highest BCUT2D eigenvalue weighted by Crippen LogP contribution is 2.23. The first-order chi connectivity index (χ1) is 11.8. The second kappa shape index (κ2) is 12.7. The molecule has 0 bridgehead atoms. The van der Waals surface area contributed by atoms with Crippen LogP contribution in [0.4, 0.5) is 0 Å². The predicted molar refractivity (Wildman–Crippen MR) is 113 cm³/mol. The van der Waals surface area contributed by atoms with Crippen molar-refractivity contribution in [3.63, 3.8) is 0 Å². The van der Waals surface area contributed by atoms with Crippen molar-refractivity contribution in [1.29, 1.82) is 0 Å². The average Bonchev–Trinajstić information content (AvgIpc) is 2.65. The fraction of sp³-hybridized carbons (Fsp3) is 0.391. The van der Waals surface area contributed by atoms with Crippen molar-refractivity contribution in [2.75, 3.05) is 19.6 Å². The maximum Gasteiger partial charge on any atom is 0.0172 e. The minimum absolute atomic E-state index is 0. The molecule has 2 aromatic rings. The highest BCUT2D eigenvalue weighted by Gasteiger charge is 2.07. The first-order valence-corrected chi connectivity index (χ1v) is 9.38. The molecule has 0 saturated carbocycles. The zero-order valence-corrected chi connectivity index (χ0v) is 16.5. The lowest BCUT2D eigenvalue weighted by Crippen LogP contribution is -2.26. The third kappa shape index (κ3) is 7.46. The Kier molecular flexibility index (Phi) is 10.9. The van der Waals surface area contributed by atoms with E-state index in [4.69, 9.17) is 0 Å². The van der Waals surface area contributed by atoms with Crippen molar-refractivity contribution in [1.82, 2.24) is 4.90 Å². The first kappa shape index (κ1) is 21.5. The van der Waals surface area contributed by atoms with Gasteiger partial charge in [-0.25, -0.2) is 0 Å². The van der Waals surface area contributed by atoms with Crippen molar-refractivity contribution in [3.05, 3.63) is 77.9 Å². The third-order valence-corrected chi connectivity index (χ3v) is 4.38. The summed E-state index contributed by atoms with van der Waals surface area (Å²) in [5.74, 6) is 0. The lowest BCUT2D eigenvalue weighted by molar-refractivity contribution is 0.292. The summed E-state index contributed by atoms with van der Waals surface area (Å²) in [5.41, 5.74) is 3.94. The zero-order valence-electron chi connectivity index (χ0n) is 15.7. The Morgan fingerprint density at radius 2 is 1.20 bits per heavy atom. The van der Waals surface area contributed by atoms with Gasteiger partial charge >= 0.3 is 0 Å². The van der Waals surface area contributed by atoms with Crippen LogP contribution in [-0.4, -0.2) is 24.5 Å². The summed E-state index contributed by atoms with van der Waals surface area (Å²) in [4.78, 5) is 2.60. The minimum atomic E-state index is 0. The number of nitrogens with zero attached hydrogens (tertiary/aromatic N) is 1. The fourth-order valence-corrected chi connectivity index (χ4v) is 2.92. The van der Waals surface area contributed by atoms with Crippen LogP contribution >= 0.6 is 12.4 Å². The lowest BCUT2D eigenvalue weighted by atomic mass is 9.97. The number of benzene rings is 2. The van der Waals surface area contributed by atoms with E-state index in [0.717, 1.165) is 6.54 Å². The number of hydrogen-bond acceptors (Lipinski definition) is 1. The quantitative estimate of drug-likeness (QED) is 0.472. The summed E-state index contributed by atoms with van der Waals surface area (Å²) in [6, 6.07) is 21.5. The van der Waals surface area contributed by atoms with Gasteiger partial charge in [0.25, 0.3) is 0 Å². The van der Waals surface area contributed by atoms with Crippen molar-refractivity contribution >= 4 is 18.0 Å². The maximum absolute atomic E-state index is 2.60. The molecular formula is C23H32ClN. The van der Waals surface area contributed by atoms with Crippen LogP contribution in [0.3, 0.4) is 0 Å². The molecule has 0 aliphatic carbocycles. The molecule has 0 saturated heterocycles. The molecule has 0 spiro atoms. The van der Waals surface area contributed by atoms with Crippen molar-refractivity contribution in [3.8, 4) is 0 Å². The number of rotatable bonds is 10. The molecule has 0 atom stereocenters. The molecule has 0 fully saturated rings. The second-order valence-electron chi connectivity index (χ2n) is 6.36. The molecule has 0 radical (unpaired) electrons. The minimum Gasteiger partial charge on any atom is -0.300 e. The predicted octanol–water partition coefficient (Wildman–Crippen LogP) is 6.44. The Morgan fingerprint density at radius 3 is 1.60 bits per heavy atom. The smallest absolute Gasteiger partial charge is 0.0172 e. The Hall–Kier alpha value is -1.57. The molecular weight excluding hydrogens is 326 g/mol. The summed E-state index contributed by atoms with van der Waals surface area (Å²) in [5, 5.41) is 0. The van der Waals surface area contributed by atoms with Crippen LogP contribution in [0.1, 0.15) is 50.7 Å². The molecule has 2 aromatic carbocycles. The van der Waals surface area contributed by atoms with Gasteiger partial charge in [0.15, 0.2) is 0 Å². The van der Waals surface area contributed by atoms with Crippen LogP contribution in [-0.2, 0) is 0 Å². The van der Waals surface area contributed by atoms with E-state index in [-0.39, 0.29) is 12.4 Å². The number of halogens is 1. The molecule has 2 rings (SSSR count). The standard InChI is InChI=1S/C23H31N.ClH/c1-3-5-18-24(19-6-4-2)20-17-23(21-13-9-7-10-14-21)22-15-11-8-12-16-22;/h7-17H,3-6,18-20H2,1-2H3;1H. The first-order valence-electron chi connectivity index (χ1n) is 9.38. The summed E-state index contributed by atoms with van der Waals surface area (Å²) in [6.45, 7) is 7.97. The van der Waals surface area contributed by atoms with E-state index in [2.05, 4.69) is 85.5 Å². The van der Waals surface area contributed by atoms with Crippen molar-refractivity contribution < 1.29 is 0 Å². The fourth-order valence-electron chi connectivity index (χ4n) is 2.92. The molecule has 25 heavy (non-hydrogen) atoms. The normalized spacial score (nSPS) is 10.4. The molecule has 136 valence electrons. The van der Waals surface area contributed by atoms with Gasteiger partial charge in [-0.15, -0.1) is 12.4 Å². The van der Waals surface area contributed by atoms with Gasteiger partial charge in [0, 0.05) is 6.54 Å². The van der Waals surface area contributed by atoms with Crippen LogP contribution in [0.5, 0.6) is 0 Å². The van der Waals surface area contributed by atoms with E-state index >= 15 is 0 Å². The summed E-state index contributed by atoms with van der Waals surface area (Å²) in [6.07, 6.45) is 7.50.